The molecule has 10 amide bonds. The number of nitrogens with two attached hydrogens (primary N) is 1. The van der Waals surface area contributed by atoms with E-state index in [4.69, 9.17) is 39.4 Å². The number of para-hydroxylation sites is 1. The fraction of sp³-hybridized carbons (Fsp3) is 0.493. The number of amides is 10. The summed E-state index contributed by atoms with van der Waals surface area (Å²) >= 11 is 2.19. The van der Waals surface area contributed by atoms with Gasteiger partial charge in [0, 0.05) is 55.0 Å². The molecule has 6 rings (SSSR count). The lowest BCUT2D eigenvalue weighted by Crippen LogP contribution is -2.54. The van der Waals surface area contributed by atoms with Crippen LogP contribution in [0.5, 0.6) is 0 Å². The van der Waals surface area contributed by atoms with Gasteiger partial charge in [-0.3, -0.25) is 43.8 Å². The number of hydrogen-bond acceptors (Lipinski definition) is 18. The van der Waals surface area contributed by atoms with Crippen LogP contribution in [0.15, 0.2) is 84.9 Å². The summed E-state index contributed by atoms with van der Waals surface area (Å²) in [6, 6.07) is 16.9. The number of ether oxygens (including phenoxy) is 5. The van der Waals surface area contributed by atoms with E-state index in [0.717, 1.165) is 10.3 Å². The smallest absolute Gasteiger partial charge is 0.413 e. The SMILES string of the molecule is CCOCc1nc2c(NC(=O)OCc3ccc(NC(=O)[C@H](C)NC(=O)[C@@H](NC(=O)OC(C)(C)C)C(C)C)cc3)nc3ccccc3c2n1C[C@](C)(I)OCCNC(=O)OCc1ccc(NC(=O)[C@H](CCCN)NC(=O)C(NC(=O)CCCCCN2C(=O)C=CC2=O)C(C)C)cc1. The van der Waals surface area contributed by atoms with Crippen LogP contribution in [0, 0.1) is 11.8 Å². The quantitative estimate of drug-likeness (QED) is 0.00615. The Labute approximate surface area is 571 Å². The number of hydrogen-bond donors (Lipinski definition) is 9. The number of benzene rings is 3. The molecule has 520 valence electrons. The third-order valence-corrected chi connectivity index (χ3v) is 15.5. The predicted molar refractivity (Wildman–Crippen MR) is 368 cm³/mol. The van der Waals surface area contributed by atoms with Crippen molar-refractivity contribution in [2.75, 3.05) is 48.8 Å². The minimum absolute atomic E-state index is 0.0869. The molecule has 1 aliphatic rings. The van der Waals surface area contributed by atoms with Crippen molar-refractivity contribution in [1.29, 1.82) is 0 Å². The first kappa shape index (κ1) is 76.2. The molecular weight excluding hydrogens is 1350 g/mol. The van der Waals surface area contributed by atoms with Crippen molar-refractivity contribution in [2.24, 2.45) is 17.6 Å². The maximum absolute atomic E-state index is 13.6. The molecule has 0 fully saturated rings. The molecule has 96 heavy (non-hydrogen) atoms. The number of imidazole rings is 1. The standard InChI is InChI=1S/C67H90IN13O15/c1-11-92-38-50-76-56-57(47-18-14-15-19-48(47)74-58(56)79-64(90)94-37-44-22-26-45(27-23-44)72-59(85)42(6)71-61(87)55(41(4)5)78-65(91)96-66(7,8)9)81(50)39-67(10,68)95-35-33-70-63(89)93-36-43-24-28-46(29-25-43)73-60(86)49(20-17-32-69)75-62(88)54(40(2)3)77-51(82)21-13-12-16-34-80-52(83)30-31-53(80)84/h14-15,18-19,22-31,40-42,49,54-55H,11-13,16-17,20-21,32-39,69H2,1-10H3,(H,70,89)(H,71,87)(H,72,85)(H,73,86)(H,75,88)(H,77,82)(H,78,91)(H,74,79,90)/t42-,49-,54?,55-,67+/m0/s1. The highest BCUT2D eigenvalue weighted by Gasteiger charge is 2.32. The minimum Gasteiger partial charge on any atom is -0.445 e. The summed E-state index contributed by atoms with van der Waals surface area (Å²) in [6.07, 6.45) is 2.63. The van der Waals surface area contributed by atoms with E-state index in [2.05, 4.69) is 65.1 Å². The number of fused-ring (bicyclic) bond motifs is 3. The van der Waals surface area contributed by atoms with Crippen molar-refractivity contribution in [2.45, 2.75) is 168 Å². The van der Waals surface area contributed by atoms with Crippen LogP contribution in [-0.2, 0) is 83.6 Å². The highest BCUT2D eigenvalue weighted by Crippen LogP contribution is 2.34. The molecule has 0 aliphatic carbocycles. The minimum atomic E-state index is -0.966. The molecule has 0 bridgehead atoms. The number of rotatable bonds is 35. The Morgan fingerprint density at radius 2 is 1.24 bits per heavy atom. The zero-order chi connectivity index (χ0) is 70.3. The molecule has 3 aromatic carbocycles. The summed E-state index contributed by atoms with van der Waals surface area (Å²) in [5.41, 5.74) is 8.69. The molecule has 3 heterocycles. The second kappa shape index (κ2) is 36.3. The number of carbonyl (C=O) groups excluding carboxylic acids is 10. The first-order chi connectivity index (χ1) is 45.5. The average Bonchev–Trinajstić information content (AvgIpc) is 1.57. The number of halogens is 1. The van der Waals surface area contributed by atoms with Crippen molar-refractivity contribution in [3.63, 3.8) is 0 Å². The fourth-order valence-electron chi connectivity index (χ4n) is 9.87. The van der Waals surface area contributed by atoms with Crippen molar-refractivity contribution in [3.05, 3.63) is 102 Å². The number of imide groups is 1. The van der Waals surface area contributed by atoms with E-state index in [1.54, 1.807) is 97.0 Å². The molecule has 10 N–H and O–H groups in total. The third-order valence-electron chi connectivity index (χ3n) is 14.9. The number of aromatic nitrogens is 3. The molecule has 5 atom stereocenters. The second-order valence-corrected chi connectivity index (χ2v) is 27.1. The molecule has 2 aromatic heterocycles. The van der Waals surface area contributed by atoms with Crippen LogP contribution in [-0.4, -0.2) is 145 Å². The van der Waals surface area contributed by atoms with Gasteiger partial charge >= 0.3 is 18.3 Å². The van der Waals surface area contributed by atoms with Crippen LogP contribution in [0.4, 0.5) is 31.6 Å². The van der Waals surface area contributed by atoms with E-state index in [-0.39, 0.29) is 101 Å². The summed E-state index contributed by atoms with van der Waals surface area (Å²) in [7, 11) is 0. The Kier molecular flexibility index (Phi) is 28.9. The van der Waals surface area contributed by atoms with Crippen LogP contribution < -0.4 is 48.3 Å². The van der Waals surface area contributed by atoms with Crippen LogP contribution in [0.2, 0.25) is 0 Å². The summed E-state index contributed by atoms with van der Waals surface area (Å²) in [5.74, 6) is -3.04. The number of alkyl carbamates (subject to hydrolysis) is 2. The lowest BCUT2D eigenvalue weighted by Gasteiger charge is -2.26. The van der Waals surface area contributed by atoms with Gasteiger partial charge < -0.3 is 71.2 Å². The molecule has 29 heteroatoms. The van der Waals surface area contributed by atoms with E-state index in [1.807, 2.05) is 42.7 Å². The largest absolute Gasteiger partial charge is 0.445 e. The third kappa shape index (κ3) is 23.8. The van der Waals surface area contributed by atoms with E-state index in [1.165, 1.54) is 19.1 Å². The van der Waals surface area contributed by atoms with Crippen molar-refractivity contribution >= 4 is 121 Å². The zero-order valence-electron chi connectivity index (χ0n) is 56.0. The van der Waals surface area contributed by atoms with Crippen LogP contribution in [0.1, 0.15) is 125 Å². The number of anilines is 3. The van der Waals surface area contributed by atoms with Gasteiger partial charge in [-0.1, -0.05) is 76.6 Å². The second-order valence-electron chi connectivity index (χ2n) is 24.8. The van der Waals surface area contributed by atoms with Crippen molar-refractivity contribution in [1.82, 2.24) is 46.0 Å². The van der Waals surface area contributed by atoms with Gasteiger partial charge in [-0.25, -0.2) is 24.4 Å². The number of unbranched alkanes of at least 4 members (excludes halogenated alkanes) is 2. The predicted octanol–water partition coefficient (Wildman–Crippen LogP) is 7.74. The normalized spacial score (nSPS) is 14.1. The lowest BCUT2D eigenvalue weighted by molar-refractivity contribution is -0.137. The summed E-state index contributed by atoms with van der Waals surface area (Å²) in [5, 5.41) is 22.6. The zero-order valence-corrected chi connectivity index (χ0v) is 58.2. The maximum Gasteiger partial charge on any atom is 0.413 e. The molecule has 0 saturated heterocycles. The first-order valence-electron chi connectivity index (χ1n) is 32.0. The Balaban J connectivity index is 0.969. The number of pyridine rings is 1. The van der Waals surface area contributed by atoms with Crippen molar-refractivity contribution < 1.29 is 71.6 Å². The Morgan fingerprint density at radius 3 is 1.84 bits per heavy atom. The lowest BCUT2D eigenvalue weighted by atomic mass is 10.0. The highest BCUT2D eigenvalue weighted by molar-refractivity contribution is 14.1. The maximum atomic E-state index is 13.6. The van der Waals surface area contributed by atoms with Gasteiger partial charge in [0.1, 0.15) is 64.5 Å². The summed E-state index contributed by atoms with van der Waals surface area (Å²) in [4.78, 5) is 140. The Hall–Kier alpha value is -8.81. The fourth-order valence-corrected chi connectivity index (χ4v) is 10.4. The average molecular weight is 1440 g/mol. The molecule has 1 unspecified atom stereocenters. The Bertz CT molecular complexity index is 3550. The molecule has 0 spiro atoms. The summed E-state index contributed by atoms with van der Waals surface area (Å²) < 4.78 is 29.7. The molecule has 0 radical (unpaired) electrons. The number of nitrogens with one attached hydrogen (secondary N) is 8. The van der Waals surface area contributed by atoms with Crippen molar-refractivity contribution in [3.8, 4) is 0 Å². The topological polar surface area (TPSA) is 373 Å². The van der Waals surface area contributed by atoms with Crippen LogP contribution >= 0.6 is 22.6 Å². The van der Waals surface area contributed by atoms with Gasteiger partial charge in [-0.05, 0) is 150 Å². The van der Waals surface area contributed by atoms with Gasteiger partial charge in [-0.2, -0.15) is 0 Å². The molecule has 0 saturated carbocycles. The van der Waals surface area contributed by atoms with E-state index in [9.17, 15) is 47.9 Å². The molecule has 5 aromatic rings. The van der Waals surface area contributed by atoms with Gasteiger partial charge in [-0.15, -0.1) is 0 Å². The molecule has 28 nitrogen and oxygen atoms in total. The first-order valence-corrected chi connectivity index (χ1v) is 33.1. The highest BCUT2D eigenvalue weighted by atomic mass is 127. The van der Waals surface area contributed by atoms with E-state index in [0.29, 0.717) is 77.2 Å². The number of alkyl halides is 1. The van der Waals surface area contributed by atoms with Gasteiger partial charge in [0.25, 0.3) is 11.8 Å². The molecule has 1 aliphatic heterocycles. The molecular formula is C67H90IN13O15. The van der Waals surface area contributed by atoms with E-state index < -0.39 is 75.3 Å². The van der Waals surface area contributed by atoms with E-state index >= 15 is 0 Å². The summed E-state index contributed by atoms with van der Waals surface area (Å²) in [6.45, 7) is 18.8. The van der Waals surface area contributed by atoms with Crippen LogP contribution in [0.25, 0.3) is 21.9 Å². The number of nitrogens with zero attached hydrogens (tertiary/aromatic N) is 4. The van der Waals surface area contributed by atoms with Gasteiger partial charge in [0.15, 0.2) is 5.82 Å². The van der Waals surface area contributed by atoms with Crippen LogP contribution in [0.3, 0.4) is 0 Å². The van der Waals surface area contributed by atoms with Gasteiger partial charge in [0.2, 0.25) is 29.5 Å². The number of carbonyl (C=O) groups is 10. The monoisotopic (exact) mass is 1440 g/mol. The Morgan fingerprint density at radius 1 is 0.646 bits per heavy atom. The van der Waals surface area contributed by atoms with Gasteiger partial charge in [0.05, 0.1) is 24.2 Å².